The standard InChI is InChI=1S/C31H52N2O5S4/c1-3-5-7-9-11-15-25(17-13-19-27(34)32-21-23-41-29(32)39)37-31(36)38-26(16-12-10-8-6-4-2)18-14-20-28(35)33-22-24-42-30(33)40/h25-26H,3-24H2,1-2H3. The van der Waals surface area contributed by atoms with Crippen LogP contribution < -0.4 is 0 Å². The fourth-order valence-corrected chi connectivity index (χ4v) is 7.73. The molecule has 0 radical (unpaired) electrons. The number of hydrogen-bond acceptors (Lipinski definition) is 9. The summed E-state index contributed by atoms with van der Waals surface area (Å²) >= 11 is 13.7. The van der Waals surface area contributed by atoms with Crippen molar-refractivity contribution in [1.82, 2.24) is 9.80 Å². The molecule has 2 unspecified atom stereocenters. The van der Waals surface area contributed by atoms with Gasteiger partial charge in [0.1, 0.15) is 20.8 Å². The third kappa shape index (κ3) is 15.2. The van der Waals surface area contributed by atoms with E-state index in [1.54, 1.807) is 33.3 Å². The lowest BCUT2D eigenvalue weighted by molar-refractivity contribution is -0.127. The number of nitrogens with zero attached hydrogens (tertiary/aromatic N) is 2. The Kier molecular flexibility index (Phi) is 20.0. The first kappa shape index (κ1) is 37.3. The summed E-state index contributed by atoms with van der Waals surface area (Å²) in [4.78, 5) is 41.6. The zero-order valence-electron chi connectivity index (χ0n) is 25.8. The second-order valence-corrected chi connectivity index (χ2v) is 14.7. The van der Waals surface area contributed by atoms with Gasteiger partial charge in [0.25, 0.3) is 0 Å². The van der Waals surface area contributed by atoms with Gasteiger partial charge in [-0.05, 0) is 51.4 Å². The van der Waals surface area contributed by atoms with Gasteiger partial charge < -0.3 is 9.47 Å². The van der Waals surface area contributed by atoms with Crippen LogP contribution in [0.25, 0.3) is 0 Å². The van der Waals surface area contributed by atoms with Crippen molar-refractivity contribution in [2.24, 2.45) is 0 Å². The first-order valence-corrected chi connectivity index (χ1v) is 19.0. The highest BCUT2D eigenvalue weighted by Gasteiger charge is 2.26. The SMILES string of the molecule is CCCCCCCC(CCCC(=O)N1CCSC1=S)OC(=O)OC(CCCCCCC)CCCC(=O)N1CCSC1=S. The van der Waals surface area contributed by atoms with Crippen molar-refractivity contribution in [3.63, 3.8) is 0 Å². The molecule has 7 nitrogen and oxygen atoms in total. The van der Waals surface area contributed by atoms with E-state index in [-0.39, 0.29) is 24.0 Å². The summed E-state index contributed by atoms with van der Waals surface area (Å²) in [5.41, 5.74) is 0. The number of amides is 2. The van der Waals surface area contributed by atoms with Gasteiger partial charge in [0.05, 0.1) is 0 Å². The van der Waals surface area contributed by atoms with Gasteiger partial charge in [-0.2, -0.15) is 0 Å². The van der Waals surface area contributed by atoms with E-state index in [0.717, 1.165) is 50.0 Å². The largest absolute Gasteiger partial charge is 0.508 e. The average Bonchev–Trinajstić information content (AvgIpc) is 3.60. The summed E-state index contributed by atoms with van der Waals surface area (Å²) in [5, 5.41) is 0. The van der Waals surface area contributed by atoms with E-state index >= 15 is 0 Å². The molecule has 0 aliphatic carbocycles. The zero-order chi connectivity index (χ0) is 30.6. The van der Waals surface area contributed by atoms with Crippen LogP contribution in [0.5, 0.6) is 0 Å². The van der Waals surface area contributed by atoms with Crippen LogP contribution in [-0.4, -0.2) is 73.2 Å². The molecule has 0 saturated carbocycles. The minimum absolute atomic E-state index is 0.0558. The Balaban J connectivity index is 1.87. The highest BCUT2D eigenvalue weighted by Crippen LogP contribution is 2.23. The second-order valence-electron chi connectivity index (χ2n) is 11.2. The Labute approximate surface area is 273 Å². The maximum absolute atomic E-state index is 13.0. The lowest BCUT2D eigenvalue weighted by Crippen LogP contribution is -2.31. The molecule has 0 aromatic rings. The molecular formula is C31H52N2O5S4. The molecular weight excluding hydrogens is 609 g/mol. The third-order valence-corrected chi connectivity index (χ3v) is 10.6. The quantitative estimate of drug-likeness (QED) is 0.0644. The predicted octanol–water partition coefficient (Wildman–Crippen LogP) is 8.66. The molecule has 0 aromatic carbocycles. The summed E-state index contributed by atoms with van der Waals surface area (Å²) in [6.07, 6.45) is 15.1. The van der Waals surface area contributed by atoms with Gasteiger partial charge in [-0.1, -0.05) is 113 Å². The number of thiocarbonyl (C=S) groups is 2. The molecule has 2 rings (SSSR count). The molecule has 0 spiro atoms. The van der Waals surface area contributed by atoms with Crippen LogP contribution in [0, 0.1) is 0 Å². The maximum atomic E-state index is 13.0. The Morgan fingerprint density at radius 1 is 0.643 bits per heavy atom. The molecule has 42 heavy (non-hydrogen) atoms. The van der Waals surface area contributed by atoms with Crippen LogP contribution in [-0.2, 0) is 19.1 Å². The molecule has 0 N–H and O–H groups in total. The minimum atomic E-state index is -0.626. The first-order valence-electron chi connectivity index (χ1n) is 16.2. The van der Waals surface area contributed by atoms with Crippen molar-refractivity contribution in [2.45, 2.75) is 142 Å². The average molecular weight is 661 g/mol. The molecule has 2 aliphatic rings. The molecule has 2 fully saturated rings. The summed E-state index contributed by atoms with van der Waals surface area (Å²) in [6, 6.07) is 0. The van der Waals surface area contributed by atoms with Gasteiger partial charge in [0.2, 0.25) is 11.8 Å². The van der Waals surface area contributed by atoms with E-state index in [2.05, 4.69) is 13.8 Å². The summed E-state index contributed by atoms with van der Waals surface area (Å²) in [5.74, 6) is 1.83. The summed E-state index contributed by atoms with van der Waals surface area (Å²) < 4.78 is 13.1. The van der Waals surface area contributed by atoms with Gasteiger partial charge in [-0.15, -0.1) is 0 Å². The lowest BCUT2D eigenvalue weighted by Gasteiger charge is -2.22. The highest BCUT2D eigenvalue weighted by atomic mass is 32.2. The van der Waals surface area contributed by atoms with Crippen LogP contribution in [0.2, 0.25) is 0 Å². The number of thioether (sulfide) groups is 2. The molecule has 2 aliphatic heterocycles. The van der Waals surface area contributed by atoms with Crippen LogP contribution >= 0.6 is 48.0 Å². The number of ether oxygens (including phenoxy) is 2. The number of carbonyl (C=O) groups excluding carboxylic acids is 3. The number of rotatable bonds is 22. The molecule has 0 bridgehead atoms. The van der Waals surface area contributed by atoms with Crippen LogP contribution in [0.1, 0.15) is 129 Å². The van der Waals surface area contributed by atoms with Crippen molar-refractivity contribution in [3.8, 4) is 0 Å². The van der Waals surface area contributed by atoms with Gasteiger partial charge >= 0.3 is 6.16 Å². The lowest BCUT2D eigenvalue weighted by atomic mass is 10.0. The maximum Gasteiger partial charge on any atom is 0.508 e. The smallest absolute Gasteiger partial charge is 0.431 e. The van der Waals surface area contributed by atoms with Gasteiger partial charge in [-0.25, -0.2) is 4.79 Å². The number of unbranched alkanes of at least 4 members (excludes halogenated alkanes) is 8. The minimum Gasteiger partial charge on any atom is -0.431 e. The van der Waals surface area contributed by atoms with Gasteiger partial charge in [0, 0.05) is 37.4 Å². The van der Waals surface area contributed by atoms with E-state index in [1.165, 1.54) is 38.5 Å². The van der Waals surface area contributed by atoms with Gasteiger partial charge in [-0.3, -0.25) is 19.4 Å². The zero-order valence-corrected chi connectivity index (χ0v) is 29.0. The molecule has 2 atom stereocenters. The van der Waals surface area contributed by atoms with E-state index in [4.69, 9.17) is 33.9 Å². The number of carbonyl (C=O) groups is 3. The number of hydrogen-bond donors (Lipinski definition) is 0. The normalized spacial score (nSPS) is 16.6. The van der Waals surface area contributed by atoms with Crippen molar-refractivity contribution in [2.75, 3.05) is 24.6 Å². The topological polar surface area (TPSA) is 76.1 Å². The Morgan fingerprint density at radius 2 is 1.02 bits per heavy atom. The Bertz CT molecular complexity index is 793. The molecule has 2 saturated heterocycles. The second kappa shape index (κ2) is 22.6. The van der Waals surface area contributed by atoms with E-state index in [1.807, 2.05) is 0 Å². The van der Waals surface area contributed by atoms with Crippen molar-refractivity contribution in [3.05, 3.63) is 0 Å². The first-order chi connectivity index (χ1) is 20.3. The molecule has 11 heteroatoms. The monoisotopic (exact) mass is 660 g/mol. The molecule has 2 amide bonds. The van der Waals surface area contributed by atoms with E-state index in [9.17, 15) is 14.4 Å². The van der Waals surface area contributed by atoms with Crippen LogP contribution in [0.3, 0.4) is 0 Å². The molecule has 0 aromatic heterocycles. The Morgan fingerprint density at radius 3 is 1.38 bits per heavy atom. The van der Waals surface area contributed by atoms with Gasteiger partial charge in [0.15, 0.2) is 0 Å². The fourth-order valence-electron chi connectivity index (χ4n) is 5.25. The van der Waals surface area contributed by atoms with Crippen molar-refractivity contribution < 1.29 is 23.9 Å². The van der Waals surface area contributed by atoms with Crippen LogP contribution in [0.15, 0.2) is 0 Å². The molecule has 2 heterocycles. The van der Waals surface area contributed by atoms with Crippen molar-refractivity contribution in [1.29, 1.82) is 0 Å². The summed E-state index contributed by atoms with van der Waals surface area (Å²) in [6.45, 7) is 5.75. The van der Waals surface area contributed by atoms with Crippen LogP contribution in [0.4, 0.5) is 4.79 Å². The summed E-state index contributed by atoms with van der Waals surface area (Å²) in [7, 11) is 0. The van der Waals surface area contributed by atoms with E-state index < -0.39 is 6.16 Å². The van der Waals surface area contributed by atoms with Crippen molar-refractivity contribution >= 4 is 74.6 Å². The fraction of sp³-hybridized carbons (Fsp3) is 0.839. The predicted molar refractivity (Wildman–Crippen MR) is 183 cm³/mol. The Hall–Kier alpha value is -0.910. The van der Waals surface area contributed by atoms with E-state index in [0.29, 0.717) is 60.3 Å². The third-order valence-electron chi connectivity index (χ3n) is 7.74. The molecule has 240 valence electrons. The highest BCUT2D eigenvalue weighted by molar-refractivity contribution is 8.23.